The molecule has 0 unspecified atom stereocenters. The summed E-state index contributed by atoms with van der Waals surface area (Å²) in [7, 11) is 0. The molecule has 1 aromatic carbocycles. The number of Topliss-reactive ketones (excluding diaryl/α,β-unsaturated/α-hetero) is 1. The fourth-order valence-electron chi connectivity index (χ4n) is 0.908. The van der Waals surface area contributed by atoms with E-state index in [4.69, 9.17) is 11.6 Å². The summed E-state index contributed by atoms with van der Waals surface area (Å²) in [5.41, 5.74) is 0.663. The molecule has 0 saturated carbocycles. The smallest absolute Gasteiger partial charge is 0.163 e. The van der Waals surface area contributed by atoms with Gasteiger partial charge in [-0.05, 0) is 17.9 Å². The van der Waals surface area contributed by atoms with Crippen molar-refractivity contribution in [1.29, 1.82) is 0 Å². The molecule has 64 valence electrons. The lowest BCUT2D eigenvalue weighted by atomic mass is 10.1. The molecule has 0 heterocycles. The molecular formula is C9H9ClOS. The highest BCUT2D eigenvalue weighted by atomic mass is 35.5. The van der Waals surface area contributed by atoms with Crippen LogP contribution >= 0.6 is 24.2 Å². The van der Waals surface area contributed by atoms with Crippen LogP contribution in [0.1, 0.15) is 16.8 Å². The molecule has 3 heteroatoms. The lowest BCUT2D eigenvalue weighted by Crippen LogP contribution is -1.98. The zero-order chi connectivity index (χ0) is 8.97. The molecule has 0 saturated heterocycles. The van der Waals surface area contributed by atoms with Gasteiger partial charge < -0.3 is 0 Å². The van der Waals surface area contributed by atoms with Gasteiger partial charge in [-0.2, -0.15) is 12.6 Å². The first kappa shape index (κ1) is 9.62. The SMILES string of the molecule is O=C(CCS)c1cccc(Cl)c1. The van der Waals surface area contributed by atoms with Crippen LogP contribution in [0.4, 0.5) is 0 Å². The van der Waals surface area contributed by atoms with Gasteiger partial charge in [0.1, 0.15) is 0 Å². The Balaban J connectivity index is 2.81. The van der Waals surface area contributed by atoms with Crippen LogP contribution in [0, 0.1) is 0 Å². The summed E-state index contributed by atoms with van der Waals surface area (Å²) in [6, 6.07) is 6.96. The number of hydrogen-bond acceptors (Lipinski definition) is 2. The predicted octanol–water partition coefficient (Wildman–Crippen LogP) is 2.84. The first-order chi connectivity index (χ1) is 5.74. The van der Waals surface area contributed by atoms with Crippen molar-refractivity contribution in [2.24, 2.45) is 0 Å². The highest BCUT2D eigenvalue weighted by Gasteiger charge is 2.03. The average molecular weight is 201 g/mol. The van der Waals surface area contributed by atoms with E-state index in [-0.39, 0.29) is 5.78 Å². The van der Waals surface area contributed by atoms with Crippen LogP contribution in [0.3, 0.4) is 0 Å². The summed E-state index contributed by atoms with van der Waals surface area (Å²) in [4.78, 5) is 11.3. The second-order valence-corrected chi connectivity index (χ2v) is 3.29. The highest BCUT2D eigenvalue weighted by molar-refractivity contribution is 7.80. The van der Waals surface area contributed by atoms with Gasteiger partial charge in [0, 0.05) is 17.0 Å². The minimum atomic E-state index is 0.0903. The van der Waals surface area contributed by atoms with Crippen molar-refractivity contribution in [1.82, 2.24) is 0 Å². The van der Waals surface area contributed by atoms with Gasteiger partial charge in [0.05, 0.1) is 0 Å². The molecule has 12 heavy (non-hydrogen) atoms. The van der Waals surface area contributed by atoms with Gasteiger partial charge in [-0.3, -0.25) is 4.79 Å². The minimum Gasteiger partial charge on any atom is -0.294 e. The van der Waals surface area contributed by atoms with Gasteiger partial charge in [0.2, 0.25) is 0 Å². The summed E-state index contributed by atoms with van der Waals surface area (Å²) >= 11 is 9.70. The quantitative estimate of drug-likeness (QED) is 0.587. The summed E-state index contributed by atoms with van der Waals surface area (Å²) in [5.74, 6) is 0.665. The fraction of sp³-hybridized carbons (Fsp3) is 0.222. The number of thiol groups is 1. The number of carbonyl (C=O) groups is 1. The van der Waals surface area contributed by atoms with Crippen LogP contribution < -0.4 is 0 Å². The summed E-state index contributed by atoms with van der Waals surface area (Å²) in [5, 5.41) is 0.597. The third-order valence-corrected chi connectivity index (χ3v) is 1.94. The van der Waals surface area contributed by atoms with Crippen LogP contribution in [0.5, 0.6) is 0 Å². The topological polar surface area (TPSA) is 17.1 Å². The number of carbonyl (C=O) groups excluding carboxylic acids is 1. The zero-order valence-electron chi connectivity index (χ0n) is 6.46. The highest BCUT2D eigenvalue weighted by Crippen LogP contribution is 2.12. The van der Waals surface area contributed by atoms with E-state index in [1.165, 1.54) is 0 Å². The van der Waals surface area contributed by atoms with E-state index in [2.05, 4.69) is 12.6 Å². The Hall–Kier alpha value is -0.470. The minimum absolute atomic E-state index is 0.0903. The largest absolute Gasteiger partial charge is 0.294 e. The van der Waals surface area contributed by atoms with Crippen LogP contribution in [0.15, 0.2) is 24.3 Å². The van der Waals surface area contributed by atoms with Gasteiger partial charge >= 0.3 is 0 Å². The Morgan fingerprint density at radius 2 is 2.25 bits per heavy atom. The standard InChI is InChI=1S/C9H9ClOS/c10-8-3-1-2-7(6-8)9(11)4-5-12/h1-3,6,12H,4-5H2. The second-order valence-electron chi connectivity index (χ2n) is 2.41. The Kier molecular flexibility index (Phi) is 3.63. The third-order valence-electron chi connectivity index (χ3n) is 1.49. The van der Waals surface area contributed by atoms with Gasteiger partial charge in [-0.1, -0.05) is 23.7 Å². The Morgan fingerprint density at radius 1 is 1.50 bits per heavy atom. The van der Waals surface area contributed by atoms with E-state index < -0.39 is 0 Å². The van der Waals surface area contributed by atoms with Crippen molar-refractivity contribution in [3.63, 3.8) is 0 Å². The summed E-state index contributed by atoms with van der Waals surface area (Å²) in [6.07, 6.45) is 0.462. The molecule has 1 rings (SSSR count). The first-order valence-corrected chi connectivity index (χ1v) is 4.64. The molecule has 0 aliphatic rings. The normalized spacial score (nSPS) is 9.83. The van der Waals surface area contributed by atoms with E-state index in [0.29, 0.717) is 22.8 Å². The van der Waals surface area contributed by atoms with Crippen molar-refractivity contribution in [2.45, 2.75) is 6.42 Å². The molecule has 0 spiro atoms. The molecule has 0 radical (unpaired) electrons. The monoisotopic (exact) mass is 200 g/mol. The molecule has 0 amide bonds. The second kappa shape index (κ2) is 4.53. The molecule has 1 nitrogen and oxygen atoms in total. The lowest BCUT2D eigenvalue weighted by molar-refractivity contribution is 0.0989. The van der Waals surface area contributed by atoms with E-state index in [1.54, 1.807) is 24.3 Å². The number of benzene rings is 1. The van der Waals surface area contributed by atoms with Crippen molar-refractivity contribution in [2.75, 3.05) is 5.75 Å². The average Bonchev–Trinajstić information content (AvgIpc) is 2.05. The molecule has 0 aliphatic heterocycles. The van der Waals surface area contributed by atoms with Gasteiger partial charge in [0.15, 0.2) is 5.78 Å². The maximum Gasteiger partial charge on any atom is 0.163 e. The maximum absolute atomic E-state index is 11.3. The van der Waals surface area contributed by atoms with Gasteiger partial charge in [-0.25, -0.2) is 0 Å². The lowest BCUT2D eigenvalue weighted by Gasteiger charge is -1.98. The van der Waals surface area contributed by atoms with Crippen molar-refractivity contribution >= 4 is 30.0 Å². The number of ketones is 1. The van der Waals surface area contributed by atoms with Crippen molar-refractivity contribution in [3.05, 3.63) is 34.9 Å². The van der Waals surface area contributed by atoms with Gasteiger partial charge in [0.25, 0.3) is 0 Å². The van der Waals surface area contributed by atoms with Gasteiger partial charge in [-0.15, -0.1) is 0 Å². The number of halogens is 1. The maximum atomic E-state index is 11.3. The molecule has 0 aromatic heterocycles. The van der Waals surface area contributed by atoms with Crippen molar-refractivity contribution in [3.8, 4) is 0 Å². The van der Waals surface area contributed by atoms with Crippen LogP contribution in [-0.4, -0.2) is 11.5 Å². The predicted molar refractivity (Wildman–Crippen MR) is 54.3 cm³/mol. The zero-order valence-corrected chi connectivity index (χ0v) is 8.11. The van der Waals surface area contributed by atoms with E-state index in [1.807, 2.05) is 0 Å². The van der Waals surface area contributed by atoms with Crippen LogP contribution in [0.2, 0.25) is 5.02 Å². The van der Waals surface area contributed by atoms with Crippen LogP contribution in [-0.2, 0) is 0 Å². The Labute approximate surface area is 82.1 Å². The summed E-state index contributed by atoms with van der Waals surface area (Å²) < 4.78 is 0. The number of hydrogen-bond donors (Lipinski definition) is 1. The molecule has 0 fully saturated rings. The van der Waals surface area contributed by atoms with Crippen LogP contribution in [0.25, 0.3) is 0 Å². The first-order valence-electron chi connectivity index (χ1n) is 3.63. The number of rotatable bonds is 3. The summed E-state index contributed by atoms with van der Waals surface area (Å²) in [6.45, 7) is 0. The van der Waals surface area contributed by atoms with Crippen molar-refractivity contribution < 1.29 is 4.79 Å². The molecule has 0 aliphatic carbocycles. The Bertz CT molecular complexity index is 286. The molecular weight excluding hydrogens is 192 g/mol. The van der Waals surface area contributed by atoms with E-state index in [0.717, 1.165) is 0 Å². The molecule has 0 N–H and O–H groups in total. The fourth-order valence-corrected chi connectivity index (χ4v) is 1.30. The third kappa shape index (κ3) is 2.54. The van der Waals surface area contributed by atoms with E-state index >= 15 is 0 Å². The van der Waals surface area contributed by atoms with E-state index in [9.17, 15) is 4.79 Å². The molecule has 0 atom stereocenters. The molecule has 1 aromatic rings. The molecule has 0 bridgehead atoms. The Morgan fingerprint density at radius 3 is 2.83 bits per heavy atom.